The van der Waals surface area contributed by atoms with Crippen molar-refractivity contribution in [2.24, 2.45) is 5.92 Å². The maximum atomic E-state index is 9.78. The third kappa shape index (κ3) is 2.70. The van der Waals surface area contributed by atoms with Gasteiger partial charge in [-0.1, -0.05) is 33.6 Å². The lowest BCUT2D eigenvalue weighted by Crippen LogP contribution is -2.31. The van der Waals surface area contributed by atoms with E-state index in [0.29, 0.717) is 5.92 Å². The lowest BCUT2D eigenvalue weighted by molar-refractivity contribution is -0.00371. The van der Waals surface area contributed by atoms with E-state index in [9.17, 15) is 5.11 Å². The molecule has 0 aliphatic carbocycles. The van der Waals surface area contributed by atoms with Crippen molar-refractivity contribution in [3.05, 3.63) is 0 Å². The summed E-state index contributed by atoms with van der Waals surface area (Å²) in [5.74, 6) is 0.424. The highest BCUT2D eigenvalue weighted by Crippen LogP contribution is 2.24. The van der Waals surface area contributed by atoms with Crippen LogP contribution in [0.15, 0.2) is 0 Å². The molecular formula is C9H20O. The van der Waals surface area contributed by atoms with Crippen LogP contribution in [0.25, 0.3) is 0 Å². The Morgan fingerprint density at radius 2 is 1.90 bits per heavy atom. The van der Waals surface area contributed by atoms with Crippen LogP contribution in [0.1, 0.15) is 47.0 Å². The van der Waals surface area contributed by atoms with Gasteiger partial charge in [-0.25, -0.2) is 0 Å². The van der Waals surface area contributed by atoms with Gasteiger partial charge in [0.1, 0.15) is 0 Å². The van der Waals surface area contributed by atoms with Crippen LogP contribution in [0.5, 0.6) is 0 Å². The van der Waals surface area contributed by atoms with Crippen LogP contribution in [-0.2, 0) is 0 Å². The zero-order valence-corrected chi connectivity index (χ0v) is 7.65. The Morgan fingerprint density at radius 1 is 1.40 bits per heavy atom. The summed E-state index contributed by atoms with van der Waals surface area (Å²) in [5, 5.41) is 9.78. The molecule has 62 valence electrons. The highest BCUT2D eigenvalue weighted by atomic mass is 16.3. The summed E-state index contributed by atoms with van der Waals surface area (Å²) >= 11 is 0. The lowest BCUT2D eigenvalue weighted by Gasteiger charge is -2.29. The molecule has 0 fully saturated rings. The normalized spacial score (nSPS) is 20.1. The van der Waals surface area contributed by atoms with E-state index in [0.717, 1.165) is 19.3 Å². The van der Waals surface area contributed by atoms with Gasteiger partial charge in [0.25, 0.3) is 0 Å². The smallest absolute Gasteiger partial charge is 0.0645 e. The molecular weight excluding hydrogens is 124 g/mol. The largest absolute Gasteiger partial charge is 0.390 e. The second-order valence-corrected chi connectivity index (χ2v) is 3.42. The Hall–Kier alpha value is -0.0400. The summed E-state index contributed by atoms with van der Waals surface area (Å²) in [6, 6.07) is 0. The molecule has 1 nitrogen and oxygen atoms in total. The Kier molecular flexibility index (Phi) is 3.95. The van der Waals surface area contributed by atoms with Gasteiger partial charge in [0.2, 0.25) is 0 Å². The predicted octanol–water partition coefficient (Wildman–Crippen LogP) is 2.58. The fourth-order valence-corrected chi connectivity index (χ4v) is 1.19. The molecule has 0 bridgehead atoms. The van der Waals surface area contributed by atoms with E-state index in [2.05, 4.69) is 20.8 Å². The lowest BCUT2D eigenvalue weighted by atomic mass is 9.85. The van der Waals surface area contributed by atoms with E-state index >= 15 is 0 Å². The van der Waals surface area contributed by atoms with Gasteiger partial charge in [-0.15, -0.1) is 0 Å². The van der Waals surface area contributed by atoms with Crippen molar-refractivity contribution < 1.29 is 5.11 Å². The predicted molar refractivity (Wildman–Crippen MR) is 45.0 cm³/mol. The number of hydrogen-bond acceptors (Lipinski definition) is 1. The van der Waals surface area contributed by atoms with Crippen molar-refractivity contribution in [3.63, 3.8) is 0 Å². The minimum Gasteiger partial charge on any atom is -0.390 e. The van der Waals surface area contributed by atoms with Gasteiger partial charge in [0.05, 0.1) is 5.60 Å². The van der Waals surface area contributed by atoms with Crippen molar-refractivity contribution in [1.82, 2.24) is 0 Å². The van der Waals surface area contributed by atoms with Crippen LogP contribution in [0.3, 0.4) is 0 Å². The molecule has 0 aromatic carbocycles. The molecule has 0 spiro atoms. The molecule has 0 aromatic heterocycles. The second-order valence-electron chi connectivity index (χ2n) is 3.42. The van der Waals surface area contributed by atoms with Crippen molar-refractivity contribution in [2.45, 2.75) is 52.6 Å². The minimum absolute atomic E-state index is 0.424. The van der Waals surface area contributed by atoms with Crippen LogP contribution in [0, 0.1) is 5.92 Å². The molecule has 10 heavy (non-hydrogen) atoms. The fraction of sp³-hybridized carbons (Fsp3) is 1.00. The first-order chi connectivity index (χ1) is 4.54. The van der Waals surface area contributed by atoms with Crippen molar-refractivity contribution in [2.75, 3.05) is 0 Å². The summed E-state index contributed by atoms with van der Waals surface area (Å²) in [5.41, 5.74) is -0.441. The average Bonchev–Trinajstić information content (AvgIpc) is 1.86. The molecule has 0 radical (unpaired) electrons. The molecule has 1 N–H and O–H groups in total. The van der Waals surface area contributed by atoms with Gasteiger partial charge in [-0.3, -0.25) is 0 Å². The molecule has 0 amide bonds. The zero-order chi connectivity index (χ0) is 8.20. The minimum atomic E-state index is -0.441. The van der Waals surface area contributed by atoms with Gasteiger partial charge >= 0.3 is 0 Å². The van der Waals surface area contributed by atoms with Gasteiger partial charge < -0.3 is 5.11 Å². The van der Waals surface area contributed by atoms with E-state index in [1.54, 1.807) is 0 Å². The van der Waals surface area contributed by atoms with Gasteiger partial charge in [0, 0.05) is 0 Å². The topological polar surface area (TPSA) is 20.2 Å². The number of hydrogen-bond donors (Lipinski definition) is 1. The number of aliphatic hydroxyl groups is 1. The summed E-state index contributed by atoms with van der Waals surface area (Å²) < 4.78 is 0. The molecule has 0 saturated carbocycles. The Labute approximate surface area is 64.5 Å². The molecule has 0 saturated heterocycles. The molecule has 0 aromatic rings. The average molecular weight is 144 g/mol. The maximum Gasteiger partial charge on any atom is 0.0645 e. The molecule has 2 atom stereocenters. The van der Waals surface area contributed by atoms with E-state index in [1.165, 1.54) is 0 Å². The highest BCUT2D eigenvalue weighted by Gasteiger charge is 2.25. The first kappa shape index (κ1) is 9.96. The zero-order valence-electron chi connectivity index (χ0n) is 7.65. The molecule has 0 unspecified atom stereocenters. The third-order valence-corrected chi connectivity index (χ3v) is 2.43. The van der Waals surface area contributed by atoms with Crippen molar-refractivity contribution in [1.29, 1.82) is 0 Å². The number of rotatable bonds is 4. The highest BCUT2D eigenvalue weighted by molar-refractivity contribution is 4.77. The quantitative estimate of drug-likeness (QED) is 0.643. The Balaban J connectivity index is 3.82. The summed E-state index contributed by atoms with van der Waals surface area (Å²) in [6.07, 6.45) is 3.05. The fourth-order valence-electron chi connectivity index (χ4n) is 1.19. The van der Waals surface area contributed by atoms with Gasteiger partial charge in [0.15, 0.2) is 0 Å². The SMILES string of the molecule is CCC[C@@](C)(O)[C@@H](C)CC. The van der Waals surface area contributed by atoms with Crippen LogP contribution in [0.4, 0.5) is 0 Å². The third-order valence-electron chi connectivity index (χ3n) is 2.43. The summed E-state index contributed by atoms with van der Waals surface area (Å²) in [6.45, 7) is 8.27. The second kappa shape index (κ2) is 3.97. The van der Waals surface area contributed by atoms with Crippen LogP contribution in [-0.4, -0.2) is 10.7 Å². The summed E-state index contributed by atoms with van der Waals surface area (Å²) in [4.78, 5) is 0. The van der Waals surface area contributed by atoms with Crippen molar-refractivity contribution in [3.8, 4) is 0 Å². The Morgan fingerprint density at radius 3 is 2.20 bits per heavy atom. The molecule has 1 heteroatoms. The van der Waals surface area contributed by atoms with E-state index in [-0.39, 0.29) is 0 Å². The van der Waals surface area contributed by atoms with Crippen LogP contribution in [0.2, 0.25) is 0 Å². The van der Waals surface area contributed by atoms with Crippen molar-refractivity contribution >= 4 is 0 Å². The molecule has 0 heterocycles. The van der Waals surface area contributed by atoms with Crippen LogP contribution >= 0.6 is 0 Å². The van der Waals surface area contributed by atoms with E-state index in [4.69, 9.17) is 0 Å². The molecule has 0 aliphatic heterocycles. The van der Waals surface area contributed by atoms with Gasteiger partial charge in [-0.2, -0.15) is 0 Å². The van der Waals surface area contributed by atoms with Crippen LogP contribution < -0.4 is 0 Å². The van der Waals surface area contributed by atoms with E-state index in [1.807, 2.05) is 6.92 Å². The van der Waals surface area contributed by atoms with Gasteiger partial charge in [-0.05, 0) is 19.3 Å². The van der Waals surface area contributed by atoms with E-state index < -0.39 is 5.60 Å². The molecule has 0 aliphatic rings. The first-order valence-corrected chi connectivity index (χ1v) is 4.27. The Bertz CT molecular complexity index is 86.7. The monoisotopic (exact) mass is 144 g/mol. The standard InChI is InChI=1S/C9H20O/c1-5-7-9(4,10)8(3)6-2/h8,10H,5-7H2,1-4H3/t8-,9+/m0/s1. The summed E-state index contributed by atoms with van der Waals surface area (Å²) in [7, 11) is 0. The maximum absolute atomic E-state index is 9.78. The molecule has 0 rings (SSSR count). The first-order valence-electron chi connectivity index (χ1n) is 4.27.